The van der Waals surface area contributed by atoms with Crippen LogP contribution in [0.25, 0.3) is 0 Å². The van der Waals surface area contributed by atoms with Gasteiger partial charge < -0.3 is 5.32 Å². The Labute approximate surface area is 121 Å². The Hall–Kier alpha value is -0.910. The quantitative estimate of drug-likeness (QED) is 0.838. The van der Waals surface area contributed by atoms with E-state index in [1.807, 2.05) is 12.1 Å². The fraction of sp³-hybridized carbons (Fsp3) is 0.600. The summed E-state index contributed by atoms with van der Waals surface area (Å²) in [5, 5.41) is 3.40. The number of hydrogen-bond acceptors (Lipinski definition) is 3. The predicted molar refractivity (Wildman–Crippen MR) is 80.0 cm³/mol. The highest BCUT2D eigenvalue weighted by atomic mass is 32.2. The second-order valence-corrected chi connectivity index (χ2v) is 7.78. The van der Waals surface area contributed by atoms with Crippen molar-refractivity contribution in [3.05, 3.63) is 35.4 Å². The largest absolute Gasteiger partial charge is 0.308 e. The first kappa shape index (κ1) is 14.0. The van der Waals surface area contributed by atoms with Crippen LogP contribution in [0.5, 0.6) is 0 Å². The molecule has 0 saturated heterocycles. The Morgan fingerprint density at radius 1 is 1.25 bits per heavy atom. The van der Waals surface area contributed by atoms with Gasteiger partial charge in [0, 0.05) is 12.6 Å². The van der Waals surface area contributed by atoms with Gasteiger partial charge in [-0.1, -0.05) is 37.1 Å². The summed E-state index contributed by atoms with van der Waals surface area (Å²) in [5.74, 6) is 0.923. The Balaban J connectivity index is 1.58. The van der Waals surface area contributed by atoms with Crippen LogP contribution in [0.2, 0.25) is 0 Å². The monoisotopic (exact) mass is 294 g/mol. The molecule has 1 aliphatic heterocycles. The van der Waals surface area contributed by atoms with Crippen LogP contribution in [0.3, 0.4) is 0 Å². The summed E-state index contributed by atoms with van der Waals surface area (Å²) >= 11 is 0. The predicted octanol–water partition coefficient (Wildman–Crippen LogP) is 1.59. The average Bonchev–Trinajstić information content (AvgIpc) is 3.27. The first-order valence-electron chi connectivity index (χ1n) is 7.42. The van der Waals surface area contributed by atoms with Crippen LogP contribution in [0.15, 0.2) is 24.3 Å². The van der Waals surface area contributed by atoms with Crippen molar-refractivity contribution in [3.8, 4) is 0 Å². The molecule has 0 spiro atoms. The molecule has 0 amide bonds. The van der Waals surface area contributed by atoms with Crippen LogP contribution in [-0.2, 0) is 16.4 Å². The summed E-state index contributed by atoms with van der Waals surface area (Å²) in [6.45, 7) is 1.36. The van der Waals surface area contributed by atoms with Crippen molar-refractivity contribution in [1.29, 1.82) is 0 Å². The van der Waals surface area contributed by atoms with Crippen LogP contribution in [-0.4, -0.2) is 27.3 Å². The molecule has 1 aromatic carbocycles. The van der Waals surface area contributed by atoms with E-state index in [-0.39, 0.29) is 11.8 Å². The molecule has 1 saturated carbocycles. The van der Waals surface area contributed by atoms with Gasteiger partial charge in [-0.3, -0.25) is 0 Å². The molecule has 0 bridgehead atoms. The molecule has 3 rings (SSSR count). The lowest BCUT2D eigenvalue weighted by Gasteiger charge is -2.27. The van der Waals surface area contributed by atoms with Crippen molar-refractivity contribution in [2.75, 3.05) is 18.8 Å². The second kappa shape index (κ2) is 5.84. The highest BCUT2D eigenvalue weighted by Gasteiger charge is 2.25. The van der Waals surface area contributed by atoms with Crippen molar-refractivity contribution in [2.24, 2.45) is 5.92 Å². The minimum Gasteiger partial charge on any atom is -0.308 e. The van der Waals surface area contributed by atoms with Crippen LogP contribution >= 0.6 is 0 Å². The molecule has 1 unspecified atom stereocenters. The minimum atomic E-state index is -3.13. The topological polar surface area (TPSA) is 58.2 Å². The molecule has 1 heterocycles. The van der Waals surface area contributed by atoms with E-state index in [1.165, 1.54) is 24.0 Å². The van der Waals surface area contributed by atoms with E-state index < -0.39 is 10.0 Å². The first-order chi connectivity index (χ1) is 9.64. The molecular weight excluding hydrogens is 272 g/mol. The summed E-state index contributed by atoms with van der Waals surface area (Å²) in [4.78, 5) is 0. The zero-order valence-electron chi connectivity index (χ0n) is 11.6. The molecule has 4 nitrogen and oxygen atoms in total. The summed E-state index contributed by atoms with van der Waals surface area (Å²) < 4.78 is 26.7. The lowest BCUT2D eigenvalue weighted by molar-refractivity contribution is 0.491. The van der Waals surface area contributed by atoms with Crippen molar-refractivity contribution in [3.63, 3.8) is 0 Å². The molecular formula is C15H22N2O2S. The summed E-state index contributed by atoms with van der Waals surface area (Å²) in [6, 6.07) is 8.37. The zero-order chi connectivity index (χ0) is 14.0. The lowest BCUT2D eigenvalue weighted by atomic mass is 9.95. The van der Waals surface area contributed by atoms with Crippen molar-refractivity contribution >= 4 is 10.0 Å². The van der Waals surface area contributed by atoms with Gasteiger partial charge in [0.05, 0.1) is 5.75 Å². The maximum absolute atomic E-state index is 12.0. The maximum Gasteiger partial charge on any atom is 0.211 e. The fourth-order valence-corrected chi connectivity index (χ4v) is 3.99. The van der Waals surface area contributed by atoms with E-state index in [0.717, 1.165) is 19.4 Å². The molecule has 1 aliphatic carbocycles. The van der Waals surface area contributed by atoms with Crippen LogP contribution in [0.1, 0.15) is 36.4 Å². The van der Waals surface area contributed by atoms with E-state index in [0.29, 0.717) is 12.5 Å². The first-order valence-corrected chi connectivity index (χ1v) is 9.08. The van der Waals surface area contributed by atoms with Gasteiger partial charge in [-0.2, -0.15) is 0 Å². The van der Waals surface area contributed by atoms with E-state index in [1.54, 1.807) is 0 Å². The number of nitrogens with one attached hydrogen (secondary N) is 2. The molecule has 1 aromatic rings. The standard InChI is InChI=1S/C15H22N2O2S/c18-20(19,10-8-12-5-6-12)17-11-15-14-4-2-1-3-13(14)7-9-16-15/h1-4,12,15-17H,5-11H2. The molecule has 0 aromatic heterocycles. The number of benzene rings is 1. The normalized spacial score (nSPS) is 22.5. The van der Waals surface area contributed by atoms with E-state index >= 15 is 0 Å². The van der Waals surface area contributed by atoms with E-state index in [4.69, 9.17) is 0 Å². The van der Waals surface area contributed by atoms with Crippen molar-refractivity contribution in [2.45, 2.75) is 31.7 Å². The number of hydrogen-bond donors (Lipinski definition) is 2. The SMILES string of the molecule is O=S(=O)(CCC1CC1)NCC1NCCc2ccccc21. The molecule has 2 N–H and O–H groups in total. The third-order valence-electron chi connectivity index (χ3n) is 4.21. The number of rotatable bonds is 6. The molecule has 1 atom stereocenters. The Kier molecular flexibility index (Phi) is 4.10. The van der Waals surface area contributed by atoms with Crippen LogP contribution < -0.4 is 10.0 Å². The third-order valence-corrected chi connectivity index (χ3v) is 5.59. The average molecular weight is 294 g/mol. The van der Waals surface area contributed by atoms with Crippen molar-refractivity contribution in [1.82, 2.24) is 10.0 Å². The maximum atomic E-state index is 12.0. The van der Waals surface area contributed by atoms with Crippen LogP contribution in [0.4, 0.5) is 0 Å². The molecule has 0 radical (unpaired) electrons. The Morgan fingerprint density at radius 2 is 2.05 bits per heavy atom. The van der Waals surface area contributed by atoms with Gasteiger partial charge >= 0.3 is 0 Å². The van der Waals surface area contributed by atoms with Gasteiger partial charge in [-0.25, -0.2) is 13.1 Å². The van der Waals surface area contributed by atoms with Crippen LogP contribution in [0, 0.1) is 5.92 Å². The fourth-order valence-electron chi connectivity index (χ4n) is 2.79. The van der Waals surface area contributed by atoms with E-state index in [2.05, 4.69) is 22.2 Å². The molecule has 2 aliphatic rings. The lowest BCUT2D eigenvalue weighted by Crippen LogP contribution is -2.39. The molecule has 1 fully saturated rings. The number of sulfonamides is 1. The summed E-state index contributed by atoms with van der Waals surface area (Å²) in [7, 11) is -3.13. The second-order valence-electron chi connectivity index (χ2n) is 5.85. The minimum absolute atomic E-state index is 0.0932. The zero-order valence-corrected chi connectivity index (χ0v) is 12.5. The Bertz CT molecular complexity index is 567. The third kappa shape index (κ3) is 3.59. The molecule has 20 heavy (non-hydrogen) atoms. The van der Waals surface area contributed by atoms with E-state index in [9.17, 15) is 8.42 Å². The van der Waals surface area contributed by atoms with Gasteiger partial charge in [-0.05, 0) is 36.4 Å². The van der Waals surface area contributed by atoms with Gasteiger partial charge in [0.2, 0.25) is 10.0 Å². The van der Waals surface area contributed by atoms with Crippen molar-refractivity contribution < 1.29 is 8.42 Å². The smallest absolute Gasteiger partial charge is 0.211 e. The molecule has 5 heteroatoms. The Morgan fingerprint density at radius 3 is 2.85 bits per heavy atom. The van der Waals surface area contributed by atoms with Gasteiger partial charge in [0.1, 0.15) is 0 Å². The highest BCUT2D eigenvalue weighted by molar-refractivity contribution is 7.89. The van der Waals surface area contributed by atoms with Gasteiger partial charge in [-0.15, -0.1) is 0 Å². The highest BCUT2D eigenvalue weighted by Crippen LogP contribution is 2.32. The summed E-state index contributed by atoms with van der Waals surface area (Å²) in [5.41, 5.74) is 2.55. The number of fused-ring (bicyclic) bond motifs is 1. The molecule has 110 valence electrons. The van der Waals surface area contributed by atoms with Gasteiger partial charge in [0.25, 0.3) is 0 Å². The van der Waals surface area contributed by atoms with Gasteiger partial charge in [0.15, 0.2) is 0 Å². The summed E-state index contributed by atoms with van der Waals surface area (Å²) in [6.07, 6.45) is 4.23.